The van der Waals surface area contributed by atoms with Crippen molar-refractivity contribution in [3.63, 3.8) is 0 Å². The highest BCUT2D eigenvalue weighted by molar-refractivity contribution is 7.99. The number of carbonyl (C=O) groups excluding carboxylic acids is 1. The summed E-state index contributed by atoms with van der Waals surface area (Å²) in [5.41, 5.74) is 0. The van der Waals surface area contributed by atoms with E-state index in [0.29, 0.717) is 31.3 Å². The van der Waals surface area contributed by atoms with Crippen LogP contribution in [0.15, 0.2) is 0 Å². The van der Waals surface area contributed by atoms with Crippen LogP contribution in [0, 0.1) is 0 Å². The Morgan fingerprint density at radius 2 is 2.25 bits per heavy atom. The molecule has 2 aliphatic rings. The largest absolute Gasteiger partial charge is 0.480 e. The molecule has 0 aromatic carbocycles. The number of amides is 2. The van der Waals surface area contributed by atoms with Crippen LogP contribution in [0.5, 0.6) is 0 Å². The second kappa shape index (κ2) is 7.17. The molecule has 0 aliphatic carbocycles. The van der Waals surface area contributed by atoms with Gasteiger partial charge in [0.1, 0.15) is 6.04 Å². The number of aliphatic carboxylic acids is 1. The van der Waals surface area contributed by atoms with Crippen LogP contribution in [-0.4, -0.2) is 70.4 Å². The highest BCUT2D eigenvalue weighted by Crippen LogP contribution is 2.24. The zero-order valence-corrected chi connectivity index (χ0v) is 12.6. The van der Waals surface area contributed by atoms with Gasteiger partial charge >= 0.3 is 12.0 Å². The first-order valence-corrected chi connectivity index (χ1v) is 8.26. The molecule has 114 valence electrons. The molecule has 1 N–H and O–H groups in total. The van der Waals surface area contributed by atoms with Gasteiger partial charge in [-0.2, -0.15) is 0 Å². The molecule has 2 heterocycles. The Hall–Kier alpha value is -0.950. The number of carbonyl (C=O) groups is 2. The lowest BCUT2D eigenvalue weighted by atomic mass is 10.1. The van der Waals surface area contributed by atoms with Crippen molar-refractivity contribution in [1.29, 1.82) is 0 Å². The lowest BCUT2D eigenvalue weighted by Crippen LogP contribution is -2.52. The third-order valence-corrected chi connectivity index (χ3v) is 4.63. The monoisotopic (exact) mass is 302 g/mol. The van der Waals surface area contributed by atoms with E-state index in [4.69, 9.17) is 9.84 Å². The summed E-state index contributed by atoms with van der Waals surface area (Å²) in [6, 6.07) is -0.850. The van der Waals surface area contributed by atoms with Crippen molar-refractivity contribution in [3.8, 4) is 0 Å². The van der Waals surface area contributed by atoms with Gasteiger partial charge in [-0.25, -0.2) is 9.59 Å². The van der Waals surface area contributed by atoms with Gasteiger partial charge in [0, 0.05) is 25.4 Å². The number of thioether (sulfide) groups is 1. The van der Waals surface area contributed by atoms with Crippen LogP contribution in [0.1, 0.15) is 26.2 Å². The normalized spacial score (nSPS) is 26.9. The zero-order chi connectivity index (χ0) is 14.5. The van der Waals surface area contributed by atoms with Gasteiger partial charge in [-0.3, -0.25) is 0 Å². The smallest absolute Gasteiger partial charge is 0.327 e. The van der Waals surface area contributed by atoms with Gasteiger partial charge in [0.15, 0.2) is 0 Å². The molecule has 7 heteroatoms. The van der Waals surface area contributed by atoms with E-state index in [1.165, 1.54) is 16.7 Å². The lowest BCUT2D eigenvalue weighted by Gasteiger charge is -2.35. The number of hydrogen-bond donors (Lipinski definition) is 1. The second-order valence-corrected chi connectivity index (χ2v) is 6.19. The molecule has 2 unspecified atom stereocenters. The van der Waals surface area contributed by atoms with Gasteiger partial charge in [0.25, 0.3) is 0 Å². The van der Waals surface area contributed by atoms with E-state index in [1.807, 2.05) is 0 Å². The van der Waals surface area contributed by atoms with Crippen LogP contribution in [-0.2, 0) is 9.53 Å². The van der Waals surface area contributed by atoms with E-state index >= 15 is 0 Å². The van der Waals surface area contributed by atoms with Gasteiger partial charge in [-0.1, -0.05) is 6.92 Å². The quantitative estimate of drug-likeness (QED) is 0.851. The molecular weight excluding hydrogens is 280 g/mol. The molecule has 0 bridgehead atoms. The molecule has 2 fully saturated rings. The average Bonchev–Trinajstić information content (AvgIpc) is 2.94. The minimum absolute atomic E-state index is 0.0891. The molecule has 0 aromatic rings. The van der Waals surface area contributed by atoms with E-state index in [1.54, 1.807) is 4.90 Å². The van der Waals surface area contributed by atoms with Crippen LogP contribution >= 0.6 is 11.8 Å². The zero-order valence-electron chi connectivity index (χ0n) is 11.8. The molecule has 20 heavy (non-hydrogen) atoms. The standard InChI is InChI=1S/C13H22N2O4S/c1-2-6-19-10-4-3-5-14(7-10)13(18)15-9-20-8-11(15)12(16)17/h10-11H,2-9H2,1H3,(H,16,17). The Balaban J connectivity index is 1.92. The maximum atomic E-state index is 12.5. The van der Waals surface area contributed by atoms with Crippen LogP contribution in [0.3, 0.4) is 0 Å². The number of urea groups is 1. The van der Waals surface area contributed by atoms with Gasteiger partial charge in [0.2, 0.25) is 0 Å². The predicted octanol–water partition coefficient (Wildman–Crippen LogP) is 1.46. The van der Waals surface area contributed by atoms with Crippen molar-refractivity contribution in [2.24, 2.45) is 0 Å². The van der Waals surface area contributed by atoms with Gasteiger partial charge in [0.05, 0.1) is 12.0 Å². The molecule has 2 rings (SSSR count). The van der Waals surface area contributed by atoms with Gasteiger partial charge in [-0.05, 0) is 19.3 Å². The number of nitrogens with zero attached hydrogens (tertiary/aromatic N) is 2. The molecule has 0 aromatic heterocycles. The van der Waals surface area contributed by atoms with Crippen LogP contribution in [0.2, 0.25) is 0 Å². The summed E-state index contributed by atoms with van der Waals surface area (Å²) in [4.78, 5) is 26.8. The Morgan fingerprint density at radius 3 is 2.95 bits per heavy atom. The first-order chi connectivity index (χ1) is 9.63. The molecular formula is C13H22N2O4S. The van der Waals surface area contributed by atoms with Crippen LogP contribution < -0.4 is 0 Å². The predicted molar refractivity (Wildman–Crippen MR) is 76.8 cm³/mol. The molecule has 6 nitrogen and oxygen atoms in total. The molecule has 2 amide bonds. The van der Waals surface area contributed by atoms with Gasteiger partial charge < -0.3 is 19.6 Å². The molecule has 2 aliphatic heterocycles. The second-order valence-electron chi connectivity index (χ2n) is 5.19. The number of ether oxygens (including phenoxy) is 1. The molecule has 0 radical (unpaired) electrons. The third kappa shape index (κ3) is 3.58. The summed E-state index contributed by atoms with van der Waals surface area (Å²) in [6.07, 6.45) is 2.94. The van der Waals surface area contributed by atoms with Crippen LogP contribution in [0.25, 0.3) is 0 Å². The Morgan fingerprint density at radius 1 is 1.45 bits per heavy atom. The van der Waals surface area contributed by atoms with E-state index in [9.17, 15) is 9.59 Å². The molecule has 2 saturated heterocycles. The summed E-state index contributed by atoms with van der Waals surface area (Å²) in [5, 5.41) is 9.15. The summed E-state index contributed by atoms with van der Waals surface area (Å²) < 4.78 is 5.72. The van der Waals surface area contributed by atoms with E-state index in [2.05, 4.69) is 6.92 Å². The van der Waals surface area contributed by atoms with E-state index < -0.39 is 12.0 Å². The van der Waals surface area contributed by atoms with Crippen molar-refractivity contribution >= 4 is 23.8 Å². The summed E-state index contributed by atoms with van der Waals surface area (Å²) >= 11 is 1.49. The van der Waals surface area contributed by atoms with Crippen molar-refractivity contribution in [2.75, 3.05) is 31.3 Å². The van der Waals surface area contributed by atoms with E-state index in [-0.39, 0.29) is 12.1 Å². The fourth-order valence-corrected chi connectivity index (χ4v) is 3.69. The first-order valence-electron chi connectivity index (χ1n) is 7.11. The van der Waals surface area contributed by atoms with Crippen molar-refractivity contribution in [3.05, 3.63) is 0 Å². The molecule has 2 atom stereocenters. The highest BCUT2D eigenvalue weighted by Gasteiger charge is 2.38. The number of hydrogen-bond acceptors (Lipinski definition) is 4. The minimum atomic E-state index is -0.917. The summed E-state index contributed by atoms with van der Waals surface area (Å²) in [5.74, 6) is 0.0245. The Kier molecular flexibility index (Phi) is 5.54. The first kappa shape index (κ1) is 15.4. The van der Waals surface area contributed by atoms with Crippen molar-refractivity contribution in [2.45, 2.75) is 38.3 Å². The molecule has 0 saturated carbocycles. The fraction of sp³-hybridized carbons (Fsp3) is 0.846. The third-order valence-electron chi connectivity index (χ3n) is 3.62. The minimum Gasteiger partial charge on any atom is -0.480 e. The highest BCUT2D eigenvalue weighted by atomic mass is 32.2. The topological polar surface area (TPSA) is 70.1 Å². The van der Waals surface area contributed by atoms with Crippen LogP contribution in [0.4, 0.5) is 4.79 Å². The van der Waals surface area contributed by atoms with Crippen molar-refractivity contribution < 1.29 is 19.4 Å². The molecule has 0 spiro atoms. The maximum Gasteiger partial charge on any atom is 0.327 e. The fourth-order valence-electron chi connectivity index (χ4n) is 2.55. The SMILES string of the molecule is CCCOC1CCCN(C(=O)N2CSCC2C(=O)O)C1. The summed E-state index contributed by atoms with van der Waals surface area (Å²) in [7, 11) is 0. The number of likely N-dealkylation sites (tertiary alicyclic amines) is 1. The Labute approximate surface area is 123 Å². The number of rotatable bonds is 4. The lowest BCUT2D eigenvalue weighted by molar-refractivity contribution is -0.141. The van der Waals surface area contributed by atoms with Gasteiger partial charge in [-0.15, -0.1) is 11.8 Å². The number of piperidine rings is 1. The summed E-state index contributed by atoms with van der Waals surface area (Å²) in [6.45, 7) is 4.04. The van der Waals surface area contributed by atoms with E-state index in [0.717, 1.165) is 19.3 Å². The number of carboxylic acids is 1. The Bertz CT molecular complexity index is 366. The van der Waals surface area contributed by atoms with Crippen molar-refractivity contribution in [1.82, 2.24) is 9.80 Å². The number of carboxylic acid groups (broad SMARTS) is 1. The maximum absolute atomic E-state index is 12.5. The average molecular weight is 302 g/mol.